The molecular formula is C13H14BrN3O. The molecule has 1 aliphatic heterocycles. The number of hydrogen-bond acceptors (Lipinski definition) is 2. The molecule has 0 saturated carbocycles. The van der Waals surface area contributed by atoms with Gasteiger partial charge in [-0.3, -0.25) is 4.79 Å². The van der Waals surface area contributed by atoms with Gasteiger partial charge in [-0.25, -0.2) is 4.98 Å². The number of carbonyl (C=O) groups excluding carboxylic acids is 1. The first-order valence-electron chi connectivity index (χ1n) is 5.99. The van der Waals surface area contributed by atoms with Gasteiger partial charge >= 0.3 is 0 Å². The van der Waals surface area contributed by atoms with E-state index in [2.05, 4.69) is 43.8 Å². The number of halogens is 1. The predicted octanol–water partition coefficient (Wildman–Crippen LogP) is 2.69. The van der Waals surface area contributed by atoms with Gasteiger partial charge in [0.25, 0.3) is 0 Å². The lowest BCUT2D eigenvalue weighted by molar-refractivity contribution is -0.119. The van der Waals surface area contributed by atoms with Crippen LogP contribution < -0.4 is 5.32 Å². The number of benzene rings is 1. The van der Waals surface area contributed by atoms with Crippen LogP contribution in [0.3, 0.4) is 0 Å². The molecule has 5 heteroatoms. The van der Waals surface area contributed by atoms with Crippen LogP contribution in [0.25, 0.3) is 11.0 Å². The van der Waals surface area contributed by atoms with E-state index < -0.39 is 0 Å². The van der Waals surface area contributed by atoms with E-state index in [9.17, 15) is 4.79 Å². The number of aromatic nitrogens is 2. The zero-order valence-corrected chi connectivity index (χ0v) is 11.9. The summed E-state index contributed by atoms with van der Waals surface area (Å²) in [5.74, 6) is 0.968. The first-order valence-corrected chi connectivity index (χ1v) is 6.79. The molecule has 2 aromatic rings. The summed E-state index contributed by atoms with van der Waals surface area (Å²) < 4.78 is 3.28. The van der Waals surface area contributed by atoms with Gasteiger partial charge in [0.2, 0.25) is 5.91 Å². The molecule has 0 radical (unpaired) electrons. The van der Waals surface area contributed by atoms with Gasteiger partial charge in [0.05, 0.1) is 17.1 Å². The Bertz CT molecular complexity index is 647. The van der Waals surface area contributed by atoms with Gasteiger partial charge in [-0.15, -0.1) is 0 Å². The number of nitrogens with one attached hydrogen (secondary N) is 1. The highest BCUT2D eigenvalue weighted by Gasteiger charge is 2.27. The second-order valence-electron chi connectivity index (χ2n) is 4.75. The second-order valence-corrected chi connectivity index (χ2v) is 5.61. The average Bonchev–Trinajstić information content (AvgIpc) is 2.80. The van der Waals surface area contributed by atoms with Crippen molar-refractivity contribution in [2.45, 2.75) is 32.9 Å². The molecule has 0 bridgehead atoms. The summed E-state index contributed by atoms with van der Waals surface area (Å²) in [6.45, 7) is 4.54. The van der Waals surface area contributed by atoms with Gasteiger partial charge in [0.15, 0.2) is 0 Å². The Morgan fingerprint density at radius 2 is 2.33 bits per heavy atom. The lowest BCUT2D eigenvalue weighted by atomic mass is 10.2. The Morgan fingerprint density at radius 3 is 3.06 bits per heavy atom. The van der Waals surface area contributed by atoms with Crippen molar-refractivity contribution < 1.29 is 4.79 Å². The van der Waals surface area contributed by atoms with E-state index in [0.29, 0.717) is 0 Å². The largest absolute Gasteiger partial charge is 0.346 e. The molecule has 1 N–H and O–H groups in total. The number of hydrogen-bond donors (Lipinski definition) is 1. The van der Waals surface area contributed by atoms with E-state index in [1.54, 1.807) is 6.92 Å². The molecule has 1 aliphatic rings. The van der Waals surface area contributed by atoms with Crippen molar-refractivity contribution in [3.63, 3.8) is 0 Å². The predicted molar refractivity (Wildman–Crippen MR) is 73.3 cm³/mol. The van der Waals surface area contributed by atoms with Gasteiger partial charge in [0, 0.05) is 17.9 Å². The molecule has 1 atom stereocenters. The summed E-state index contributed by atoms with van der Waals surface area (Å²) in [4.78, 5) is 15.8. The van der Waals surface area contributed by atoms with Crippen LogP contribution in [0.1, 0.15) is 30.8 Å². The summed E-state index contributed by atoms with van der Waals surface area (Å²) in [5.41, 5.74) is 3.34. The molecular weight excluding hydrogens is 294 g/mol. The number of aryl methyl sites for hydroxylation is 2. The second kappa shape index (κ2) is 4.09. The Hall–Kier alpha value is -1.36. The first kappa shape index (κ1) is 11.7. The maximum atomic E-state index is 11.2. The monoisotopic (exact) mass is 307 g/mol. The topological polar surface area (TPSA) is 46.9 Å². The molecule has 1 aromatic heterocycles. The molecule has 0 aliphatic carbocycles. The summed E-state index contributed by atoms with van der Waals surface area (Å²) in [6.07, 6.45) is 0.924. The van der Waals surface area contributed by atoms with Crippen LogP contribution in [0.15, 0.2) is 16.6 Å². The van der Waals surface area contributed by atoms with Gasteiger partial charge in [0.1, 0.15) is 5.82 Å². The number of amides is 1. The molecule has 1 unspecified atom stereocenters. The molecule has 0 spiro atoms. The third kappa shape index (κ3) is 1.73. The fourth-order valence-electron chi connectivity index (χ4n) is 2.54. The minimum atomic E-state index is -0.00197. The molecule has 2 heterocycles. The van der Waals surface area contributed by atoms with E-state index in [1.807, 2.05) is 6.07 Å². The SMILES string of the molecule is CC(=O)NC1CCn2c1nc1cc(Br)c(C)cc12. The minimum absolute atomic E-state index is 0.00197. The third-order valence-electron chi connectivity index (χ3n) is 3.39. The number of nitrogens with zero attached hydrogens (tertiary/aromatic N) is 2. The van der Waals surface area contributed by atoms with E-state index in [4.69, 9.17) is 0 Å². The van der Waals surface area contributed by atoms with Crippen LogP contribution >= 0.6 is 15.9 Å². The number of fused-ring (bicyclic) bond motifs is 3. The van der Waals surface area contributed by atoms with Crippen molar-refractivity contribution >= 4 is 32.9 Å². The van der Waals surface area contributed by atoms with Crippen molar-refractivity contribution in [3.8, 4) is 0 Å². The van der Waals surface area contributed by atoms with E-state index in [0.717, 1.165) is 34.3 Å². The molecule has 94 valence electrons. The van der Waals surface area contributed by atoms with Gasteiger partial charge in [-0.05, 0) is 31.0 Å². The van der Waals surface area contributed by atoms with Gasteiger partial charge in [-0.2, -0.15) is 0 Å². The van der Waals surface area contributed by atoms with Crippen LogP contribution in [0.5, 0.6) is 0 Å². The van der Waals surface area contributed by atoms with Crippen molar-refractivity contribution in [2.75, 3.05) is 0 Å². The number of imidazole rings is 1. The van der Waals surface area contributed by atoms with Crippen molar-refractivity contribution in [2.24, 2.45) is 0 Å². The van der Waals surface area contributed by atoms with Crippen molar-refractivity contribution in [3.05, 3.63) is 28.0 Å². The van der Waals surface area contributed by atoms with E-state index in [1.165, 1.54) is 5.56 Å². The fourth-order valence-corrected chi connectivity index (χ4v) is 2.87. The quantitative estimate of drug-likeness (QED) is 0.880. The Labute approximate surface area is 114 Å². The lowest BCUT2D eigenvalue weighted by Crippen LogP contribution is -2.24. The summed E-state index contributed by atoms with van der Waals surface area (Å²) in [6, 6.07) is 4.24. The summed E-state index contributed by atoms with van der Waals surface area (Å²) in [7, 11) is 0. The fraction of sp³-hybridized carbons (Fsp3) is 0.385. The number of carbonyl (C=O) groups is 1. The third-order valence-corrected chi connectivity index (χ3v) is 4.24. The molecule has 0 saturated heterocycles. The first-order chi connectivity index (χ1) is 8.56. The smallest absolute Gasteiger partial charge is 0.217 e. The lowest BCUT2D eigenvalue weighted by Gasteiger charge is -2.07. The standard InChI is InChI=1S/C13H14BrN3O/c1-7-5-12-11(6-9(7)14)16-13-10(15-8(2)18)3-4-17(12)13/h5-6,10H,3-4H2,1-2H3,(H,15,18). The van der Waals surface area contributed by atoms with Crippen LogP contribution in [0.2, 0.25) is 0 Å². The van der Waals surface area contributed by atoms with Crippen LogP contribution in [0.4, 0.5) is 0 Å². The van der Waals surface area contributed by atoms with E-state index in [-0.39, 0.29) is 11.9 Å². The average molecular weight is 308 g/mol. The highest BCUT2D eigenvalue weighted by Crippen LogP contribution is 2.32. The summed E-state index contributed by atoms with van der Waals surface area (Å²) >= 11 is 3.53. The summed E-state index contributed by atoms with van der Waals surface area (Å²) in [5, 5.41) is 2.95. The van der Waals surface area contributed by atoms with Crippen LogP contribution in [-0.4, -0.2) is 15.5 Å². The van der Waals surface area contributed by atoms with Crippen molar-refractivity contribution in [1.82, 2.24) is 14.9 Å². The Kier molecular flexibility index (Phi) is 2.66. The normalized spacial score (nSPS) is 18.1. The molecule has 1 aromatic carbocycles. The van der Waals surface area contributed by atoms with E-state index >= 15 is 0 Å². The highest BCUT2D eigenvalue weighted by atomic mass is 79.9. The Morgan fingerprint density at radius 1 is 1.56 bits per heavy atom. The zero-order chi connectivity index (χ0) is 12.9. The van der Waals surface area contributed by atoms with Gasteiger partial charge < -0.3 is 9.88 Å². The minimum Gasteiger partial charge on any atom is -0.346 e. The maximum absolute atomic E-state index is 11.2. The Balaban J connectivity index is 2.12. The van der Waals surface area contributed by atoms with Crippen molar-refractivity contribution in [1.29, 1.82) is 0 Å². The van der Waals surface area contributed by atoms with Gasteiger partial charge in [-0.1, -0.05) is 15.9 Å². The zero-order valence-electron chi connectivity index (χ0n) is 10.3. The molecule has 18 heavy (non-hydrogen) atoms. The molecule has 3 rings (SSSR count). The molecule has 4 nitrogen and oxygen atoms in total. The maximum Gasteiger partial charge on any atom is 0.217 e. The van der Waals surface area contributed by atoms with Crippen LogP contribution in [0, 0.1) is 6.92 Å². The highest BCUT2D eigenvalue weighted by molar-refractivity contribution is 9.10. The number of rotatable bonds is 1. The molecule has 1 amide bonds. The molecule has 0 fully saturated rings. The van der Waals surface area contributed by atoms with Crippen LogP contribution in [-0.2, 0) is 11.3 Å².